The third-order valence-electron chi connectivity index (χ3n) is 5.81. The Kier molecular flexibility index (Phi) is 4.68. The van der Waals surface area contributed by atoms with Gasteiger partial charge in [-0.3, -0.25) is 4.79 Å². The number of carbonyl (C=O) groups is 1. The molecule has 0 N–H and O–H groups in total. The van der Waals surface area contributed by atoms with E-state index in [1.165, 1.54) is 5.69 Å². The van der Waals surface area contributed by atoms with Crippen molar-refractivity contribution in [3.8, 4) is 0 Å². The van der Waals surface area contributed by atoms with Crippen molar-refractivity contribution in [1.82, 2.24) is 14.5 Å². The smallest absolute Gasteiger partial charge is 0.242 e. The van der Waals surface area contributed by atoms with Crippen molar-refractivity contribution in [2.45, 2.75) is 37.5 Å². The van der Waals surface area contributed by atoms with Gasteiger partial charge in [0, 0.05) is 38.2 Å². The molecule has 1 spiro atoms. The molecule has 2 aliphatic heterocycles. The molecule has 4 rings (SSSR count). The quantitative estimate of drug-likeness (QED) is 0.844. The maximum absolute atomic E-state index is 12.5. The summed E-state index contributed by atoms with van der Waals surface area (Å²) in [5, 5.41) is 0. The van der Waals surface area contributed by atoms with Gasteiger partial charge >= 0.3 is 0 Å². The highest BCUT2D eigenvalue weighted by Gasteiger charge is 2.44. The summed E-state index contributed by atoms with van der Waals surface area (Å²) >= 11 is 0. The zero-order chi connectivity index (χ0) is 18.0. The van der Waals surface area contributed by atoms with Gasteiger partial charge in [0.2, 0.25) is 5.91 Å². The molecule has 0 unspecified atom stereocenters. The minimum absolute atomic E-state index is 0.0699. The number of nitrogens with zero attached hydrogens (tertiary/aromatic N) is 4. The van der Waals surface area contributed by atoms with E-state index in [-0.39, 0.29) is 11.5 Å². The Bertz CT molecular complexity index is 724. The molecule has 1 aromatic heterocycles. The summed E-state index contributed by atoms with van der Waals surface area (Å²) < 4.78 is 8.10. The van der Waals surface area contributed by atoms with Crippen molar-refractivity contribution < 1.29 is 9.53 Å². The summed E-state index contributed by atoms with van der Waals surface area (Å²) in [5.41, 5.74) is 1.16. The zero-order valence-corrected chi connectivity index (χ0v) is 15.3. The fourth-order valence-electron chi connectivity index (χ4n) is 4.09. The van der Waals surface area contributed by atoms with Gasteiger partial charge in [-0.1, -0.05) is 18.2 Å². The second-order valence-corrected chi connectivity index (χ2v) is 7.41. The summed E-state index contributed by atoms with van der Waals surface area (Å²) in [6.07, 6.45) is 8.08. The molecule has 0 bridgehead atoms. The van der Waals surface area contributed by atoms with Crippen molar-refractivity contribution in [1.29, 1.82) is 0 Å². The van der Waals surface area contributed by atoms with Crippen molar-refractivity contribution >= 4 is 11.6 Å². The van der Waals surface area contributed by atoms with E-state index in [1.807, 2.05) is 21.7 Å². The van der Waals surface area contributed by atoms with Crippen molar-refractivity contribution in [2.75, 3.05) is 31.6 Å². The number of ether oxygens (including phenoxy) is 1. The van der Waals surface area contributed by atoms with E-state index in [1.54, 1.807) is 12.5 Å². The number of rotatable bonds is 4. The Morgan fingerprint density at radius 1 is 1.31 bits per heavy atom. The first-order valence-electron chi connectivity index (χ1n) is 9.31. The number of aromatic nitrogens is 2. The van der Waals surface area contributed by atoms with Gasteiger partial charge in [0.05, 0.1) is 24.6 Å². The maximum Gasteiger partial charge on any atom is 0.242 e. The summed E-state index contributed by atoms with van der Waals surface area (Å²) in [4.78, 5) is 20.7. The van der Waals surface area contributed by atoms with Gasteiger partial charge in [-0.25, -0.2) is 4.98 Å². The van der Waals surface area contributed by atoms with Crippen LogP contribution < -0.4 is 4.90 Å². The van der Waals surface area contributed by atoms with Crippen LogP contribution in [0.4, 0.5) is 5.69 Å². The Labute approximate surface area is 154 Å². The van der Waals surface area contributed by atoms with E-state index < -0.39 is 0 Å². The number of carbonyl (C=O) groups excluding carboxylic acids is 1. The van der Waals surface area contributed by atoms with Crippen LogP contribution >= 0.6 is 0 Å². The molecule has 138 valence electrons. The molecular formula is C20H26N4O2. The lowest BCUT2D eigenvalue weighted by Gasteiger charge is -2.39. The number of para-hydroxylation sites is 1. The summed E-state index contributed by atoms with van der Waals surface area (Å²) in [6, 6.07) is 10.9. The second-order valence-electron chi connectivity index (χ2n) is 7.41. The molecule has 2 aliphatic rings. The van der Waals surface area contributed by atoms with Gasteiger partial charge in [0.1, 0.15) is 6.54 Å². The van der Waals surface area contributed by atoms with Gasteiger partial charge in [-0.2, -0.15) is 0 Å². The van der Waals surface area contributed by atoms with Gasteiger partial charge in [-0.15, -0.1) is 0 Å². The normalized spacial score (nSPS) is 21.9. The molecule has 3 heterocycles. The molecule has 2 fully saturated rings. The standard InChI is InChI=1S/C20H26N4O2/c1-22(17-5-3-2-4-6-17)18-13-20(26-15-18)7-10-24(11-8-20)19(25)14-23-12-9-21-16-23/h2-6,9,12,16,18H,7-8,10-11,13-15H2,1H3/t18-/m1/s1. The fourth-order valence-corrected chi connectivity index (χ4v) is 4.09. The summed E-state index contributed by atoms with van der Waals surface area (Å²) in [6.45, 7) is 2.67. The molecule has 2 saturated heterocycles. The van der Waals surface area contributed by atoms with Crippen molar-refractivity contribution in [3.05, 3.63) is 49.1 Å². The number of anilines is 1. The van der Waals surface area contributed by atoms with Crippen LogP contribution in [0.25, 0.3) is 0 Å². The highest BCUT2D eigenvalue weighted by Crippen LogP contribution is 2.38. The first-order chi connectivity index (χ1) is 12.7. The zero-order valence-electron chi connectivity index (χ0n) is 15.3. The third-order valence-corrected chi connectivity index (χ3v) is 5.81. The Balaban J connectivity index is 1.32. The number of likely N-dealkylation sites (N-methyl/N-ethyl adjacent to an activating group) is 1. The topological polar surface area (TPSA) is 50.6 Å². The summed E-state index contributed by atoms with van der Waals surface area (Å²) in [7, 11) is 2.14. The minimum Gasteiger partial charge on any atom is -0.373 e. The largest absolute Gasteiger partial charge is 0.373 e. The van der Waals surface area contributed by atoms with Crippen LogP contribution in [-0.2, 0) is 16.1 Å². The summed E-state index contributed by atoms with van der Waals surface area (Å²) in [5.74, 6) is 0.161. The van der Waals surface area contributed by atoms with Gasteiger partial charge in [0.15, 0.2) is 0 Å². The predicted octanol–water partition coefficient (Wildman–Crippen LogP) is 2.17. The molecule has 6 nitrogen and oxygen atoms in total. The highest BCUT2D eigenvalue weighted by atomic mass is 16.5. The predicted molar refractivity (Wildman–Crippen MR) is 100.0 cm³/mol. The maximum atomic E-state index is 12.5. The van der Waals surface area contributed by atoms with Gasteiger partial charge in [-0.05, 0) is 31.4 Å². The van der Waals surface area contributed by atoms with E-state index >= 15 is 0 Å². The number of amides is 1. The molecule has 0 radical (unpaired) electrons. The van der Waals surface area contributed by atoms with Crippen molar-refractivity contribution in [2.24, 2.45) is 0 Å². The molecule has 2 aromatic rings. The number of likely N-dealkylation sites (tertiary alicyclic amines) is 1. The number of imidazole rings is 1. The molecular weight excluding hydrogens is 328 g/mol. The molecule has 1 amide bonds. The van der Waals surface area contributed by atoms with E-state index in [0.29, 0.717) is 12.6 Å². The van der Waals surface area contributed by atoms with Crippen LogP contribution in [0.1, 0.15) is 19.3 Å². The average molecular weight is 354 g/mol. The first kappa shape index (κ1) is 17.1. The molecule has 0 aliphatic carbocycles. The lowest BCUT2D eigenvalue weighted by Crippen LogP contribution is -2.47. The Morgan fingerprint density at radius 2 is 2.08 bits per heavy atom. The molecule has 1 atom stereocenters. The number of hydrogen-bond acceptors (Lipinski definition) is 4. The van der Waals surface area contributed by atoms with Crippen LogP contribution in [0.3, 0.4) is 0 Å². The third kappa shape index (κ3) is 3.46. The van der Waals surface area contributed by atoms with Crippen LogP contribution in [0.2, 0.25) is 0 Å². The van der Waals surface area contributed by atoms with E-state index in [4.69, 9.17) is 4.74 Å². The second kappa shape index (κ2) is 7.11. The van der Waals surface area contributed by atoms with E-state index in [2.05, 4.69) is 41.2 Å². The SMILES string of the molecule is CN(c1ccccc1)[C@H]1COC2(CCN(C(=O)Cn3ccnc3)CC2)C1. The number of hydrogen-bond donors (Lipinski definition) is 0. The molecule has 1 aromatic carbocycles. The lowest BCUT2D eigenvalue weighted by molar-refractivity contribution is -0.136. The van der Waals surface area contributed by atoms with Crippen LogP contribution in [0.15, 0.2) is 49.1 Å². The van der Waals surface area contributed by atoms with Crippen LogP contribution in [0, 0.1) is 0 Å². The van der Waals surface area contributed by atoms with Gasteiger partial charge in [0.25, 0.3) is 0 Å². The Hall–Kier alpha value is -2.34. The minimum atomic E-state index is -0.0699. The average Bonchev–Trinajstić information content (AvgIpc) is 3.33. The number of benzene rings is 1. The van der Waals surface area contributed by atoms with Gasteiger partial charge < -0.3 is 19.1 Å². The van der Waals surface area contributed by atoms with Crippen LogP contribution in [-0.4, -0.2) is 58.7 Å². The van der Waals surface area contributed by atoms with Crippen molar-refractivity contribution in [3.63, 3.8) is 0 Å². The molecule has 6 heteroatoms. The molecule has 0 saturated carbocycles. The number of piperidine rings is 1. The van der Waals surface area contributed by atoms with Crippen LogP contribution in [0.5, 0.6) is 0 Å². The van der Waals surface area contributed by atoms with E-state index in [9.17, 15) is 4.79 Å². The highest BCUT2D eigenvalue weighted by molar-refractivity contribution is 5.76. The fraction of sp³-hybridized carbons (Fsp3) is 0.500. The Morgan fingerprint density at radius 3 is 2.77 bits per heavy atom. The first-order valence-corrected chi connectivity index (χ1v) is 9.31. The van der Waals surface area contributed by atoms with E-state index in [0.717, 1.165) is 39.0 Å². The lowest BCUT2D eigenvalue weighted by atomic mass is 9.87. The molecule has 26 heavy (non-hydrogen) atoms. The monoisotopic (exact) mass is 354 g/mol.